The second kappa shape index (κ2) is 16.3. The number of amides is 1. The summed E-state index contributed by atoms with van der Waals surface area (Å²) in [5.74, 6) is -0.686. The van der Waals surface area contributed by atoms with Gasteiger partial charge in [0.1, 0.15) is 5.52 Å². The number of carbonyl (C=O) groups is 1. The second-order valence-electron chi connectivity index (χ2n) is 16.8. The lowest BCUT2D eigenvalue weighted by Crippen LogP contribution is -2.43. The van der Waals surface area contributed by atoms with E-state index in [0.717, 1.165) is 53.1 Å². The van der Waals surface area contributed by atoms with Crippen molar-refractivity contribution in [3.05, 3.63) is 88.6 Å². The summed E-state index contributed by atoms with van der Waals surface area (Å²) >= 11 is 0. The van der Waals surface area contributed by atoms with Gasteiger partial charge in [0.15, 0.2) is 25.7 Å². The highest BCUT2D eigenvalue weighted by atomic mass is 28.4. The first kappa shape index (κ1) is 40.5. The van der Waals surface area contributed by atoms with Crippen LogP contribution in [0.2, 0.25) is 18.1 Å². The minimum atomic E-state index is -2.87. The quantitative estimate of drug-likeness (QED) is 0.107. The molecule has 57 heavy (non-hydrogen) atoms. The molecule has 0 unspecified atom stereocenters. The molecule has 3 aromatic heterocycles. The Balaban J connectivity index is 1.06. The van der Waals surface area contributed by atoms with Gasteiger partial charge in [0.05, 0.1) is 23.9 Å². The van der Waals surface area contributed by atoms with Gasteiger partial charge in [-0.15, -0.1) is 0 Å². The first-order chi connectivity index (χ1) is 27.1. The lowest BCUT2D eigenvalue weighted by molar-refractivity contribution is 0.102. The number of aliphatic hydroxyl groups excluding tert-OH is 1. The number of carbonyl (C=O) groups excluding carboxylic acids is 1. The van der Waals surface area contributed by atoms with Crippen LogP contribution in [0.25, 0.3) is 22.2 Å². The lowest BCUT2D eigenvalue weighted by atomic mass is 9.94. The predicted octanol–water partition coefficient (Wildman–Crippen LogP) is 7.84. The number of fused-ring (bicyclic) bond motifs is 2. The average Bonchev–Trinajstić information content (AvgIpc) is 3.78. The molecule has 1 amide bonds. The molecule has 0 saturated carbocycles. The van der Waals surface area contributed by atoms with Gasteiger partial charge in [-0.1, -0.05) is 45.0 Å². The topological polar surface area (TPSA) is 134 Å². The van der Waals surface area contributed by atoms with Crippen molar-refractivity contribution in [1.29, 1.82) is 0 Å². The van der Waals surface area contributed by atoms with E-state index < -0.39 is 20.6 Å². The van der Waals surface area contributed by atoms with Gasteiger partial charge in [0.2, 0.25) is 0 Å². The number of hydrogen-bond acceptors (Lipinski definition) is 10. The standard InChI is InChI=1S/C42H53F2N9O3Si/c1-26-31(10-8-12-33(26)46-39-37-35(47-40(49-39)38(43)44)20-28(22-45-37)23-52-15-14-30(54)25-52)32-11-9-13-34(27(32)2)48-41(55)36-21-29-24-51(16-17-53(29)50-36)18-19-56-57(6,7)42(3,4)5/h8-13,20-22,30,38,54H,14-19,23-25H2,1-7H3,(H,48,55)(H,46,47,49)/t30-/m1/s1. The third-order valence-electron chi connectivity index (χ3n) is 11.7. The van der Waals surface area contributed by atoms with Gasteiger partial charge in [0, 0.05) is 63.4 Å². The molecule has 2 aliphatic heterocycles. The highest BCUT2D eigenvalue weighted by molar-refractivity contribution is 6.74. The molecule has 5 aromatic rings. The van der Waals surface area contributed by atoms with Crippen molar-refractivity contribution in [3.63, 3.8) is 0 Å². The van der Waals surface area contributed by atoms with Gasteiger partial charge in [-0.3, -0.25) is 24.3 Å². The monoisotopic (exact) mass is 797 g/mol. The maximum Gasteiger partial charge on any atom is 0.297 e. The molecule has 3 N–H and O–H groups in total. The molecule has 1 fully saturated rings. The summed E-state index contributed by atoms with van der Waals surface area (Å²) in [4.78, 5) is 31.0. The first-order valence-corrected chi connectivity index (χ1v) is 22.5. The molecule has 0 bridgehead atoms. The van der Waals surface area contributed by atoms with E-state index in [0.29, 0.717) is 67.3 Å². The number of nitrogens with zero attached hydrogens (tertiary/aromatic N) is 7. The van der Waals surface area contributed by atoms with E-state index in [1.54, 1.807) is 12.3 Å². The summed E-state index contributed by atoms with van der Waals surface area (Å²) in [6, 6.07) is 15.2. The Labute approximate surface area is 333 Å². The summed E-state index contributed by atoms with van der Waals surface area (Å²) in [6.07, 6.45) is -0.836. The smallest absolute Gasteiger partial charge is 0.297 e. The fraction of sp³-hybridized carbons (Fsp3) is 0.452. The van der Waals surface area contributed by atoms with Crippen molar-refractivity contribution in [1.82, 2.24) is 34.5 Å². The Bertz CT molecular complexity index is 2280. The van der Waals surface area contributed by atoms with Gasteiger partial charge in [-0.25, -0.2) is 18.7 Å². The number of likely N-dealkylation sites (tertiary alicyclic amines) is 1. The number of aromatic nitrogens is 5. The van der Waals surface area contributed by atoms with Crippen LogP contribution in [0.5, 0.6) is 0 Å². The van der Waals surface area contributed by atoms with Gasteiger partial charge >= 0.3 is 0 Å². The second-order valence-corrected chi connectivity index (χ2v) is 21.6. The molecular weight excluding hydrogens is 745 g/mol. The molecule has 0 radical (unpaired) electrons. The lowest BCUT2D eigenvalue weighted by Gasteiger charge is -2.37. The van der Waals surface area contributed by atoms with Crippen LogP contribution >= 0.6 is 0 Å². The Morgan fingerprint density at radius 1 is 1.00 bits per heavy atom. The predicted molar refractivity (Wildman–Crippen MR) is 221 cm³/mol. The van der Waals surface area contributed by atoms with E-state index in [1.165, 1.54) is 0 Å². The van der Waals surface area contributed by atoms with Crippen LogP contribution in [0.15, 0.2) is 54.7 Å². The summed E-state index contributed by atoms with van der Waals surface area (Å²) in [5.41, 5.74) is 7.75. The third kappa shape index (κ3) is 8.92. The van der Waals surface area contributed by atoms with Crippen LogP contribution in [0, 0.1) is 13.8 Å². The van der Waals surface area contributed by atoms with Crippen LogP contribution in [0.4, 0.5) is 26.0 Å². The molecule has 1 saturated heterocycles. The highest BCUT2D eigenvalue weighted by Gasteiger charge is 2.37. The van der Waals surface area contributed by atoms with E-state index in [4.69, 9.17) is 4.43 Å². The molecule has 5 heterocycles. The van der Waals surface area contributed by atoms with E-state index in [1.807, 2.05) is 61.0 Å². The maximum absolute atomic E-state index is 14.1. The number of hydrogen-bond donors (Lipinski definition) is 3. The summed E-state index contributed by atoms with van der Waals surface area (Å²) in [5, 5.41) is 21.1. The van der Waals surface area contributed by atoms with Crippen molar-refractivity contribution in [3.8, 4) is 11.1 Å². The van der Waals surface area contributed by atoms with Crippen LogP contribution < -0.4 is 10.6 Å². The third-order valence-corrected chi connectivity index (χ3v) is 16.2. The molecule has 15 heteroatoms. The first-order valence-electron chi connectivity index (χ1n) is 19.6. The van der Waals surface area contributed by atoms with E-state index in [2.05, 4.69) is 74.3 Å². The van der Waals surface area contributed by atoms with Crippen molar-refractivity contribution in [2.75, 3.05) is 43.4 Å². The number of nitrogens with one attached hydrogen (secondary N) is 2. The van der Waals surface area contributed by atoms with Crippen LogP contribution in [-0.4, -0.2) is 92.8 Å². The van der Waals surface area contributed by atoms with Gasteiger partial charge in [0.25, 0.3) is 12.3 Å². The Kier molecular flexibility index (Phi) is 11.6. The van der Waals surface area contributed by atoms with Crippen molar-refractivity contribution in [2.24, 2.45) is 0 Å². The average molecular weight is 798 g/mol. The Hall–Kier alpha value is -4.67. The zero-order valence-electron chi connectivity index (χ0n) is 33.9. The van der Waals surface area contributed by atoms with Gasteiger partial charge in [-0.2, -0.15) is 5.10 Å². The molecule has 0 aliphatic carbocycles. The van der Waals surface area contributed by atoms with Crippen LogP contribution in [0.3, 0.4) is 0 Å². The molecule has 1 atom stereocenters. The largest absolute Gasteiger partial charge is 0.416 e. The fourth-order valence-corrected chi connectivity index (χ4v) is 8.31. The van der Waals surface area contributed by atoms with Gasteiger partial charge in [-0.05, 0) is 90.5 Å². The fourth-order valence-electron chi connectivity index (χ4n) is 7.27. The molecular formula is C42H53F2N9O3Si. The SMILES string of the molecule is Cc1c(NC(=O)c2cc3n(n2)CCN(CCO[Si](C)(C)C(C)(C)C)C3)cccc1-c1cccc(Nc2nc(C(F)F)nc3cc(CN4CC[C@@H](O)C4)cnc23)c1C. The van der Waals surface area contributed by atoms with Crippen LogP contribution in [-0.2, 0) is 24.1 Å². The van der Waals surface area contributed by atoms with Crippen molar-refractivity contribution >= 4 is 42.5 Å². The molecule has 2 aliphatic rings. The molecule has 0 spiro atoms. The molecule has 302 valence electrons. The number of benzene rings is 2. The van der Waals surface area contributed by atoms with E-state index >= 15 is 0 Å². The van der Waals surface area contributed by atoms with Gasteiger partial charge < -0.3 is 20.2 Å². The maximum atomic E-state index is 14.1. The Morgan fingerprint density at radius 2 is 1.72 bits per heavy atom. The minimum absolute atomic E-state index is 0.163. The molecule has 2 aromatic carbocycles. The highest BCUT2D eigenvalue weighted by Crippen LogP contribution is 2.37. The number of rotatable bonds is 12. The normalized spacial score (nSPS) is 16.7. The summed E-state index contributed by atoms with van der Waals surface area (Å²) in [7, 11) is -1.82. The van der Waals surface area contributed by atoms with E-state index in [9.17, 15) is 18.7 Å². The van der Waals surface area contributed by atoms with Crippen molar-refractivity contribution in [2.45, 2.75) is 91.3 Å². The molecule has 12 nitrogen and oxygen atoms in total. The van der Waals surface area contributed by atoms with Crippen LogP contribution in [0.1, 0.15) is 72.3 Å². The molecule has 7 rings (SSSR count). The number of alkyl halides is 2. The number of pyridine rings is 1. The minimum Gasteiger partial charge on any atom is -0.416 e. The number of aliphatic hydroxyl groups is 1. The van der Waals surface area contributed by atoms with E-state index in [-0.39, 0.29) is 22.9 Å². The zero-order valence-corrected chi connectivity index (χ0v) is 34.9. The number of anilines is 3. The van der Waals surface area contributed by atoms with Crippen molar-refractivity contribution < 1.29 is 23.1 Å². The number of halogens is 2. The summed E-state index contributed by atoms with van der Waals surface area (Å²) < 4.78 is 36.4. The summed E-state index contributed by atoms with van der Waals surface area (Å²) in [6.45, 7) is 20.8. The Morgan fingerprint density at radius 3 is 2.40 bits per heavy atom. The number of β-amino-alcohol motifs (C(OH)–C–C–N with tert-alkyl or cyclic N) is 1. The zero-order chi connectivity index (χ0) is 40.6.